The van der Waals surface area contributed by atoms with Crippen molar-refractivity contribution in [1.29, 1.82) is 0 Å². The van der Waals surface area contributed by atoms with Crippen LogP contribution in [0.2, 0.25) is 0 Å². The Morgan fingerprint density at radius 2 is 1.96 bits per heavy atom. The van der Waals surface area contributed by atoms with E-state index in [2.05, 4.69) is 16.1 Å². The monoisotopic (exact) mass is 343 g/mol. The molecule has 0 aliphatic heterocycles. The largest absolute Gasteiger partial charge is 0.465 e. The van der Waals surface area contributed by atoms with Crippen LogP contribution >= 0.6 is 0 Å². The highest BCUT2D eigenvalue weighted by molar-refractivity contribution is 5.95. The number of esters is 1. The van der Waals surface area contributed by atoms with E-state index in [0.29, 0.717) is 12.2 Å². The molecule has 7 nitrogen and oxygen atoms in total. The quantitative estimate of drug-likeness (QED) is 0.492. The van der Waals surface area contributed by atoms with E-state index < -0.39 is 10.9 Å². The molecule has 0 spiro atoms. The summed E-state index contributed by atoms with van der Waals surface area (Å²) in [6.45, 7) is 2.57. The van der Waals surface area contributed by atoms with Gasteiger partial charge in [0.15, 0.2) is 0 Å². The summed E-state index contributed by atoms with van der Waals surface area (Å²) in [4.78, 5) is 24.2. The third-order valence-electron chi connectivity index (χ3n) is 3.92. The van der Waals surface area contributed by atoms with Crippen LogP contribution in [0.5, 0.6) is 0 Å². The van der Waals surface area contributed by atoms with E-state index in [0.717, 1.165) is 16.8 Å². The number of carbonyl (C=O) groups excluding carboxylic acids is 1. The maximum absolute atomic E-state index is 11.8. The van der Waals surface area contributed by atoms with E-state index in [1.165, 1.54) is 19.2 Å². The first kappa shape index (κ1) is 18.3. The number of rotatable bonds is 6. The second-order valence-electron chi connectivity index (χ2n) is 5.84. The van der Waals surface area contributed by atoms with Gasteiger partial charge in [-0.2, -0.15) is 0 Å². The van der Waals surface area contributed by atoms with Gasteiger partial charge in [-0.05, 0) is 42.3 Å². The second kappa shape index (κ2) is 7.65. The Morgan fingerprint density at radius 1 is 1.24 bits per heavy atom. The van der Waals surface area contributed by atoms with Gasteiger partial charge < -0.3 is 15.0 Å². The number of nitrogens with zero attached hydrogens (tertiary/aromatic N) is 2. The Hall–Kier alpha value is -3.09. The van der Waals surface area contributed by atoms with Gasteiger partial charge in [0, 0.05) is 38.1 Å². The molecular weight excluding hydrogens is 322 g/mol. The van der Waals surface area contributed by atoms with Gasteiger partial charge in [-0.1, -0.05) is 6.07 Å². The fourth-order valence-electron chi connectivity index (χ4n) is 2.43. The molecule has 0 atom stereocenters. The first-order valence-corrected chi connectivity index (χ1v) is 7.71. The van der Waals surface area contributed by atoms with Gasteiger partial charge in [0.2, 0.25) is 0 Å². The number of anilines is 2. The summed E-state index contributed by atoms with van der Waals surface area (Å²) in [5.74, 6) is -0.734. The third kappa shape index (κ3) is 4.26. The van der Waals surface area contributed by atoms with Crippen molar-refractivity contribution in [3.63, 3.8) is 0 Å². The highest BCUT2D eigenvalue weighted by Gasteiger charge is 2.21. The number of nitro benzene ring substituents is 1. The third-order valence-corrected chi connectivity index (χ3v) is 3.92. The molecule has 0 bridgehead atoms. The van der Waals surface area contributed by atoms with Crippen molar-refractivity contribution in [3.8, 4) is 0 Å². The standard InChI is InChI=1S/C18H21N3O4/c1-12-9-15(20(2)3)7-5-13(12)11-19-14-6-8-17(21(23)24)16(10-14)18(22)25-4/h5-10,19H,11H2,1-4H3. The highest BCUT2D eigenvalue weighted by atomic mass is 16.6. The SMILES string of the molecule is COC(=O)c1cc(NCc2ccc(N(C)C)cc2C)ccc1[N+](=O)[O-]. The zero-order valence-electron chi connectivity index (χ0n) is 14.7. The Bertz CT molecular complexity index is 803. The first-order chi connectivity index (χ1) is 11.8. The van der Waals surface area contributed by atoms with Gasteiger partial charge in [0.1, 0.15) is 5.56 Å². The van der Waals surface area contributed by atoms with Crippen LogP contribution in [-0.2, 0) is 11.3 Å². The summed E-state index contributed by atoms with van der Waals surface area (Å²) in [6.07, 6.45) is 0. The van der Waals surface area contributed by atoms with Crippen LogP contribution < -0.4 is 10.2 Å². The number of aryl methyl sites for hydroxylation is 1. The highest BCUT2D eigenvalue weighted by Crippen LogP contribution is 2.24. The molecule has 7 heteroatoms. The van der Waals surface area contributed by atoms with Crippen LogP contribution in [0.25, 0.3) is 0 Å². The van der Waals surface area contributed by atoms with Crippen LogP contribution in [-0.4, -0.2) is 32.1 Å². The number of benzene rings is 2. The number of hydrogen-bond acceptors (Lipinski definition) is 6. The lowest BCUT2D eigenvalue weighted by atomic mass is 10.1. The minimum Gasteiger partial charge on any atom is -0.465 e. The van der Waals surface area contributed by atoms with Gasteiger partial charge in [-0.3, -0.25) is 10.1 Å². The molecule has 0 aliphatic carbocycles. The summed E-state index contributed by atoms with van der Waals surface area (Å²) in [6, 6.07) is 10.5. The maximum atomic E-state index is 11.8. The van der Waals surface area contributed by atoms with Crippen molar-refractivity contribution < 1.29 is 14.5 Å². The van der Waals surface area contributed by atoms with E-state index in [9.17, 15) is 14.9 Å². The fraction of sp³-hybridized carbons (Fsp3) is 0.278. The summed E-state index contributed by atoms with van der Waals surface area (Å²) >= 11 is 0. The van der Waals surface area contributed by atoms with Gasteiger partial charge in [-0.25, -0.2) is 4.79 Å². The molecule has 0 aliphatic rings. The zero-order chi connectivity index (χ0) is 18.6. The predicted octanol–water partition coefficient (Wildman–Crippen LogP) is 3.37. The molecule has 0 radical (unpaired) electrons. The van der Waals surface area contributed by atoms with Crippen LogP contribution in [0.4, 0.5) is 17.1 Å². The number of hydrogen-bond donors (Lipinski definition) is 1. The summed E-state index contributed by atoms with van der Waals surface area (Å²) in [7, 11) is 5.16. The molecular formula is C18H21N3O4. The number of methoxy groups -OCH3 is 1. The molecule has 0 heterocycles. The Balaban J connectivity index is 2.21. The van der Waals surface area contributed by atoms with Crippen LogP contribution in [0.1, 0.15) is 21.5 Å². The lowest BCUT2D eigenvalue weighted by Gasteiger charge is -2.16. The average molecular weight is 343 g/mol. The molecule has 2 aromatic rings. The van der Waals surface area contributed by atoms with Gasteiger partial charge >= 0.3 is 5.97 Å². The van der Waals surface area contributed by atoms with Crippen molar-refractivity contribution in [2.24, 2.45) is 0 Å². The molecule has 0 amide bonds. The molecule has 25 heavy (non-hydrogen) atoms. The zero-order valence-corrected chi connectivity index (χ0v) is 14.7. The van der Waals surface area contributed by atoms with Crippen LogP contribution in [0, 0.1) is 17.0 Å². The van der Waals surface area contributed by atoms with Gasteiger partial charge in [0.05, 0.1) is 12.0 Å². The van der Waals surface area contributed by atoms with Crippen molar-refractivity contribution in [2.75, 3.05) is 31.4 Å². The smallest absolute Gasteiger partial charge is 0.344 e. The Kier molecular flexibility index (Phi) is 5.59. The minimum atomic E-state index is -0.734. The minimum absolute atomic E-state index is 0.0721. The number of nitrogens with one attached hydrogen (secondary N) is 1. The predicted molar refractivity (Wildman–Crippen MR) is 97.3 cm³/mol. The van der Waals surface area contributed by atoms with Crippen molar-refractivity contribution in [2.45, 2.75) is 13.5 Å². The molecule has 0 saturated carbocycles. The number of nitro groups is 1. The van der Waals surface area contributed by atoms with Crippen molar-refractivity contribution in [3.05, 3.63) is 63.2 Å². The van der Waals surface area contributed by atoms with E-state index >= 15 is 0 Å². The molecule has 0 unspecified atom stereocenters. The van der Waals surface area contributed by atoms with Crippen molar-refractivity contribution >= 4 is 23.0 Å². The topological polar surface area (TPSA) is 84.7 Å². The summed E-state index contributed by atoms with van der Waals surface area (Å²) < 4.78 is 4.62. The van der Waals surface area contributed by atoms with Crippen LogP contribution in [0.3, 0.4) is 0 Å². The van der Waals surface area contributed by atoms with Gasteiger partial charge in [0.25, 0.3) is 5.69 Å². The first-order valence-electron chi connectivity index (χ1n) is 7.71. The Labute approximate surface area is 146 Å². The van der Waals surface area contributed by atoms with E-state index in [-0.39, 0.29) is 11.3 Å². The summed E-state index contributed by atoms with van der Waals surface area (Å²) in [5, 5.41) is 14.2. The molecule has 2 aromatic carbocycles. The lowest BCUT2D eigenvalue weighted by Crippen LogP contribution is -2.10. The van der Waals surface area contributed by atoms with Gasteiger partial charge in [-0.15, -0.1) is 0 Å². The normalized spacial score (nSPS) is 10.2. The number of ether oxygens (including phenoxy) is 1. The lowest BCUT2D eigenvalue weighted by molar-refractivity contribution is -0.385. The van der Waals surface area contributed by atoms with Crippen LogP contribution in [0.15, 0.2) is 36.4 Å². The molecule has 0 fully saturated rings. The van der Waals surface area contributed by atoms with Crippen molar-refractivity contribution in [1.82, 2.24) is 0 Å². The summed E-state index contributed by atoms with van der Waals surface area (Å²) in [5.41, 5.74) is 3.62. The maximum Gasteiger partial charge on any atom is 0.344 e. The second-order valence-corrected chi connectivity index (χ2v) is 5.84. The molecule has 132 valence electrons. The molecule has 0 aromatic heterocycles. The van der Waals surface area contributed by atoms with E-state index in [1.807, 2.05) is 38.1 Å². The molecule has 2 rings (SSSR count). The molecule has 0 saturated heterocycles. The molecule has 1 N–H and O–H groups in total. The van der Waals surface area contributed by atoms with E-state index in [4.69, 9.17) is 0 Å². The number of carbonyl (C=O) groups is 1. The average Bonchev–Trinajstić information content (AvgIpc) is 2.59. The Morgan fingerprint density at radius 3 is 2.52 bits per heavy atom. The fourth-order valence-corrected chi connectivity index (χ4v) is 2.43. The van der Waals surface area contributed by atoms with E-state index in [1.54, 1.807) is 6.07 Å².